The zero-order chi connectivity index (χ0) is 23.6. The molecule has 0 bridgehead atoms. The Labute approximate surface area is 200 Å². The topological polar surface area (TPSA) is 134 Å². The van der Waals surface area contributed by atoms with Crippen molar-refractivity contribution in [3.63, 3.8) is 0 Å². The largest absolute Gasteiger partial charge is 0.481 e. The van der Waals surface area contributed by atoms with Gasteiger partial charge in [-0.1, -0.05) is 13.8 Å². The first-order chi connectivity index (χ1) is 15.0. The second kappa shape index (κ2) is 10.3. The highest BCUT2D eigenvalue weighted by Gasteiger charge is 2.38. The second-order valence-corrected chi connectivity index (χ2v) is 9.52. The number of amides is 1. The van der Waals surface area contributed by atoms with Crippen LogP contribution in [0.5, 0.6) is 5.75 Å². The van der Waals surface area contributed by atoms with Crippen molar-refractivity contribution in [3.8, 4) is 5.75 Å². The number of benzene rings is 1. The van der Waals surface area contributed by atoms with Gasteiger partial charge in [0.1, 0.15) is 10.7 Å². The van der Waals surface area contributed by atoms with Crippen LogP contribution in [-0.2, 0) is 16.0 Å². The summed E-state index contributed by atoms with van der Waals surface area (Å²) in [5.74, 6) is -3.67. The van der Waals surface area contributed by atoms with Crippen LogP contribution in [0, 0.1) is 22.6 Å². The molecule has 33 heavy (non-hydrogen) atoms. The highest BCUT2D eigenvalue weighted by Crippen LogP contribution is 2.31. The molecule has 1 saturated heterocycles. The molecule has 8 nitrogen and oxygen atoms in total. The maximum absolute atomic E-state index is 14.1. The SMILES string of the molecule is CC(C)(Cc1ccc(C(=O)Oc2ccc(C(=N)N)cc2F)s1)C(=O)N1CC[C@H](C(=O)O)C1.Cl. The van der Waals surface area contributed by atoms with E-state index in [-0.39, 0.29) is 46.9 Å². The number of ether oxygens (including phenoxy) is 1. The third kappa shape index (κ3) is 6.08. The summed E-state index contributed by atoms with van der Waals surface area (Å²) in [6.45, 7) is 4.18. The molecular formula is C22H25ClFN3O5S. The Morgan fingerprint density at radius 1 is 1.30 bits per heavy atom. The molecule has 11 heteroatoms. The molecule has 0 unspecified atom stereocenters. The number of amidine groups is 1. The van der Waals surface area contributed by atoms with Crippen LogP contribution in [0.3, 0.4) is 0 Å². The van der Waals surface area contributed by atoms with Crippen LogP contribution in [0.25, 0.3) is 0 Å². The molecule has 1 fully saturated rings. The fraction of sp³-hybridized carbons (Fsp3) is 0.364. The first kappa shape index (κ1) is 26.3. The lowest BCUT2D eigenvalue weighted by Gasteiger charge is -2.28. The molecule has 178 valence electrons. The van der Waals surface area contributed by atoms with Crippen LogP contribution in [0.4, 0.5) is 4.39 Å². The Morgan fingerprint density at radius 3 is 2.58 bits per heavy atom. The molecule has 1 amide bonds. The average Bonchev–Trinajstić information content (AvgIpc) is 3.38. The number of hydrogen-bond donors (Lipinski definition) is 3. The Balaban J connectivity index is 0.00000385. The highest BCUT2D eigenvalue weighted by atomic mass is 35.5. The van der Waals surface area contributed by atoms with Crippen LogP contribution >= 0.6 is 23.7 Å². The molecule has 1 aliphatic rings. The van der Waals surface area contributed by atoms with Gasteiger partial charge in [0.05, 0.1) is 5.92 Å². The summed E-state index contributed by atoms with van der Waals surface area (Å²) in [4.78, 5) is 39.1. The first-order valence-corrected chi connectivity index (χ1v) is 10.8. The van der Waals surface area contributed by atoms with E-state index in [9.17, 15) is 18.8 Å². The molecule has 3 rings (SSSR count). The third-order valence-electron chi connectivity index (χ3n) is 5.33. The first-order valence-electron chi connectivity index (χ1n) is 9.95. The van der Waals surface area contributed by atoms with Gasteiger partial charge in [-0.25, -0.2) is 9.18 Å². The van der Waals surface area contributed by atoms with Gasteiger partial charge in [-0.05, 0) is 43.2 Å². The lowest BCUT2D eigenvalue weighted by molar-refractivity contribution is -0.142. The van der Waals surface area contributed by atoms with Crippen molar-refractivity contribution in [2.45, 2.75) is 26.7 Å². The zero-order valence-corrected chi connectivity index (χ0v) is 19.7. The Bertz CT molecular complexity index is 1090. The number of esters is 1. The van der Waals surface area contributed by atoms with E-state index < -0.39 is 29.1 Å². The summed E-state index contributed by atoms with van der Waals surface area (Å²) in [6.07, 6.45) is 0.801. The van der Waals surface area contributed by atoms with Crippen LogP contribution in [0.15, 0.2) is 30.3 Å². The Kier molecular flexibility index (Phi) is 8.20. The predicted molar refractivity (Wildman–Crippen MR) is 124 cm³/mol. The lowest BCUT2D eigenvalue weighted by Crippen LogP contribution is -2.41. The van der Waals surface area contributed by atoms with Crippen molar-refractivity contribution in [2.24, 2.45) is 17.1 Å². The van der Waals surface area contributed by atoms with Gasteiger partial charge in [-0.3, -0.25) is 15.0 Å². The van der Waals surface area contributed by atoms with Crippen LogP contribution in [-0.4, -0.2) is 46.8 Å². The number of halogens is 2. The molecule has 0 aliphatic carbocycles. The van der Waals surface area contributed by atoms with Crippen LogP contribution in [0.1, 0.15) is 40.4 Å². The number of nitrogens with two attached hydrogens (primary N) is 1. The van der Waals surface area contributed by atoms with Crippen molar-refractivity contribution in [1.29, 1.82) is 5.41 Å². The van der Waals surface area contributed by atoms with Gasteiger partial charge < -0.3 is 20.5 Å². The van der Waals surface area contributed by atoms with Gasteiger partial charge in [-0.2, -0.15) is 0 Å². The standard InChI is InChI=1S/C22H24FN3O5S.ClH/c1-22(2,21(30)26-8-7-13(11-26)19(27)28)10-14-4-6-17(32-14)20(29)31-16-5-3-12(18(24)25)9-15(16)23;/h3-6,9,13H,7-8,10-11H2,1-2H3,(H3,24,25)(H,27,28);1H/t13-;/m0./s1. The minimum Gasteiger partial charge on any atom is -0.481 e. The van der Waals surface area contributed by atoms with Crippen molar-refractivity contribution >= 4 is 47.4 Å². The molecule has 2 heterocycles. The number of carbonyl (C=O) groups excluding carboxylic acids is 2. The van der Waals surface area contributed by atoms with E-state index >= 15 is 0 Å². The smallest absolute Gasteiger partial charge is 0.353 e. The van der Waals surface area contributed by atoms with E-state index in [1.807, 2.05) is 0 Å². The van der Waals surface area contributed by atoms with Gasteiger partial charge in [0.25, 0.3) is 0 Å². The zero-order valence-electron chi connectivity index (χ0n) is 18.1. The summed E-state index contributed by atoms with van der Waals surface area (Å²) in [5, 5.41) is 16.5. The van der Waals surface area contributed by atoms with Gasteiger partial charge in [0.15, 0.2) is 11.6 Å². The summed E-state index contributed by atoms with van der Waals surface area (Å²) in [7, 11) is 0. The minimum atomic E-state index is -0.896. The van der Waals surface area contributed by atoms with Crippen molar-refractivity contribution in [2.75, 3.05) is 13.1 Å². The number of nitrogens with one attached hydrogen (secondary N) is 1. The molecule has 0 saturated carbocycles. The average molecular weight is 498 g/mol. The highest BCUT2D eigenvalue weighted by molar-refractivity contribution is 7.14. The van der Waals surface area contributed by atoms with E-state index in [2.05, 4.69) is 0 Å². The van der Waals surface area contributed by atoms with E-state index in [1.165, 1.54) is 12.1 Å². The van der Waals surface area contributed by atoms with E-state index in [1.54, 1.807) is 30.9 Å². The normalized spacial score (nSPS) is 15.6. The van der Waals surface area contributed by atoms with E-state index in [0.29, 0.717) is 19.4 Å². The van der Waals surface area contributed by atoms with Gasteiger partial charge in [0, 0.05) is 28.9 Å². The number of carbonyl (C=O) groups is 3. The number of likely N-dealkylation sites (tertiary alicyclic amines) is 1. The molecule has 2 aromatic rings. The Hall–Kier alpha value is -2.98. The van der Waals surface area contributed by atoms with Gasteiger partial charge in [-0.15, -0.1) is 23.7 Å². The molecule has 1 aromatic heterocycles. The molecule has 4 N–H and O–H groups in total. The van der Waals surface area contributed by atoms with E-state index in [4.69, 9.17) is 21.0 Å². The maximum Gasteiger partial charge on any atom is 0.353 e. The van der Waals surface area contributed by atoms with Crippen LogP contribution < -0.4 is 10.5 Å². The molecule has 1 aromatic carbocycles. The number of nitrogen functional groups attached to an aromatic ring is 1. The van der Waals surface area contributed by atoms with E-state index in [0.717, 1.165) is 22.3 Å². The monoisotopic (exact) mass is 497 g/mol. The fourth-order valence-electron chi connectivity index (χ4n) is 3.57. The van der Waals surface area contributed by atoms with Crippen molar-refractivity contribution < 1.29 is 28.6 Å². The fourth-order valence-corrected chi connectivity index (χ4v) is 4.68. The van der Waals surface area contributed by atoms with Crippen molar-refractivity contribution in [1.82, 2.24) is 4.90 Å². The minimum absolute atomic E-state index is 0. The number of carboxylic acids is 1. The third-order valence-corrected chi connectivity index (χ3v) is 6.39. The Morgan fingerprint density at radius 2 is 2.00 bits per heavy atom. The molecule has 0 radical (unpaired) electrons. The number of thiophene rings is 1. The summed E-state index contributed by atoms with van der Waals surface area (Å²) >= 11 is 1.15. The predicted octanol–water partition coefficient (Wildman–Crippen LogP) is 3.31. The number of aliphatic carboxylic acids is 1. The number of hydrogen-bond acceptors (Lipinski definition) is 6. The summed E-state index contributed by atoms with van der Waals surface area (Å²) in [5.41, 5.74) is 4.71. The molecule has 1 atom stereocenters. The van der Waals surface area contributed by atoms with Gasteiger partial charge >= 0.3 is 11.9 Å². The maximum atomic E-state index is 14.1. The number of carboxylic acid groups (broad SMARTS) is 1. The second-order valence-electron chi connectivity index (χ2n) is 8.35. The van der Waals surface area contributed by atoms with Crippen molar-refractivity contribution in [3.05, 3.63) is 51.5 Å². The summed E-state index contributed by atoms with van der Waals surface area (Å²) in [6, 6.07) is 6.92. The quantitative estimate of drug-likeness (QED) is 0.232. The lowest BCUT2D eigenvalue weighted by atomic mass is 9.87. The number of nitrogens with zero attached hydrogens (tertiary/aromatic N) is 1. The van der Waals surface area contributed by atoms with Crippen LogP contribution in [0.2, 0.25) is 0 Å². The summed E-state index contributed by atoms with van der Waals surface area (Å²) < 4.78 is 19.3. The molecule has 1 aliphatic heterocycles. The molecule has 0 spiro atoms. The van der Waals surface area contributed by atoms with Gasteiger partial charge in [0.2, 0.25) is 5.91 Å². The number of rotatable bonds is 7. The molecular weight excluding hydrogens is 473 g/mol.